The third kappa shape index (κ3) is 6.25. The number of carboxylic acids is 1. The van der Waals surface area contributed by atoms with Crippen molar-refractivity contribution >= 4 is 23.7 Å². The highest BCUT2D eigenvalue weighted by atomic mass is 16.4. The quantitative estimate of drug-likeness (QED) is 0.348. The summed E-state index contributed by atoms with van der Waals surface area (Å²) in [6.07, 6.45) is 2.95. The third-order valence-corrected chi connectivity index (χ3v) is 6.44. The maximum Gasteiger partial charge on any atom is 0.326 e. The molecule has 2 saturated heterocycles. The van der Waals surface area contributed by atoms with E-state index in [-0.39, 0.29) is 30.0 Å². The number of benzene rings is 1. The molecule has 2 fully saturated rings. The van der Waals surface area contributed by atoms with Gasteiger partial charge in [-0.25, -0.2) is 4.79 Å². The first-order chi connectivity index (χ1) is 16.2. The topological polar surface area (TPSA) is 148 Å². The second kappa shape index (κ2) is 11.3. The van der Waals surface area contributed by atoms with Crippen LogP contribution in [0.4, 0.5) is 0 Å². The predicted molar refractivity (Wildman–Crippen MR) is 124 cm³/mol. The molecule has 0 bridgehead atoms. The number of hydrogen-bond donors (Lipinski definition) is 5. The molecule has 3 amide bonds. The molecular formula is C24H34N4O6. The number of rotatable bonds is 9. The van der Waals surface area contributed by atoms with Gasteiger partial charge in [-0.1, -0.05) is 26.0 Å². The van der Waals surface area contributed by atoms with E-state index in [4.69, 9.17) is 0 Å². The van der Waals surface area contributed by atoms with Crippen molar-refractivity contribution in [3.8, 4) is 5.75 Å². The largest absolute Gasteiger partial charge is 0.508 e. The van der Waals surface area contributed by atoms with Crippen LogP contribution in [0.2, 0.25) is 0 Å². The number of phenols is 1. The molecule has 34 heavy (non-hydrogen) atoms. The van der Waals surface area contributed by atoms with Gasteiger partial charge in [-0.3, -0.25) is 14.4 Å². The molecule has 1 aromatic rings. The molecule has 3 rings (SSSR count). The first-order valence-corrected chi connectivity index (χ1v) is 11.8. The van der Waals surface area contributed by atoms with Crippen molar-refractivity contribution in [1.29, 1.82) is 0 Å². The maximum atomic E-state index is 13.2. The van der Waals surface area contributed by atoms with Gasteiger partial charge in [0.2, 0.25) is 17.7 Å². The van der Waals surface area contributed by atoms with E-state index in [1.54, 1.807) is 30.9 Å². The Balaban J connectivity index is 1.75. The number of carbonyl (C=O) groups excluding carboxylic acids is 3. The van der Waals surface area contributed by atoms with E-state index >= 15 is 0 Å². The summed E-state index contributed by atoms with van der Waals surface area (Å²) < 4.78 is 0. The number of aliphatic carboxylic acids is 1. The highest BCUT2D eigenvalue weighted by Gasteiger charge is 2.39. The molecule has 5 N–H and O–H groups in total. The zero-order valence-corrected chi connectivity index (χ0v) is 19.6. The number of carbonyl (C=O) groups is 4. The molecule has 2 heterocycles. The molecule has 4 atom stereocenters. The van der Waals surface area contributed by atoms with Crippen LogP contribution in [0.3, 0.4) is 0 Å². The van der Waals surface area contributed by atoms with Crippen LogP contribution in [-0.2, 0) is 25.6 Å². The van der Waals surface area contributed by atoms with Gasteiger partial charge in [0.05, 0.1) is 6.04 Å². The van der Waals surface area contributed by atoms with Gasteiger partial charge in [-0.2, -0.15) is 0 Å². The molecule has 2 aliphatic rings. The zero-order valence-electron chi connectivity index (χ0n) is 19.6. The molecule has 4 unspecified atom stereocenters. The molecule has 10 nitrogen and oxygen atoms in total. The molecule has 1 aromatic carbocycles. The van der Waals surface area contributed by atoms with E-state index in [0.29, 0.717) is 24.9 Å². The lowest BCUT2D eigenvalue weighted by atomic mass is 10.0. The van der Waals surface area contributed by atoms with Gasteiger partial charge in [0.1, 0.15) is 23.9 Å². The van der Waals surface area contributed by atoms with Crippen LogP contribution in [-0.4, -0.2) is 76.1 Å². The van der Waals surface area contributed by atoms with E-state index in [1.807, 2.05) is 0 Å². The minimum Gasteiger partial charge on any atom is -0.508 e. The monoisotopic (exact) mass is 474 g/mol. The SMILES string of the molecule is CC(C)C(NC(=O)C(Cc1ccc(O)cc1)NC(=O)C1CCCN1C(=O)C1CCCN1)C(=O)O. The van der Waals surface area contributed by atoms with Crippen molar-refractivity contribution in [2.75, 3.05) is 13.1 Å². The number of aromatic hydroxyl groups is 1. The van der Waals surface area contributed by atoms with Crippen LogP contribution in [0.1, 0.15) is 45.1 Å². The minimum atomic E-state index is -1.16. The van der Waals surface area contributed by atoms with Crippen LogP contribution in [0.15, 0.2) is 24.3 Å². The van der Waals surface area contributed by atoms with Crippen molar-refractivity contribution in [2.45, 2.75) is 70.1 Å². The number of hydrogen-bond acceptors (Lipinski definition) is 6. The first kappa shape index (κ1) is 25.5. The Kier molecular flexibility index (Phi) is 8.49. The summed E-state index contributed by atoms with van der Waals surface area (Å²) in [6, 6.07) is 3.12. The number of carboxylic acid groups (broad SMARTS) is 1. The smallest absolute Gasteiger partial charge is 0.326 e. The Morgan fingerprint density at radius 1 is 1.09 bits per heavy atom. The van der Waals surface area contributed by atoms with Gasteiger partial charge in [0, 0.05) is 13.0 Å². The number of nitrogens with zero attached hydrogens (tertiary/aromatic N) is 1. The summed E-state index contributed by atoms with van der Waals surface area (Å²) in [5.41, 5.74) is 0.684. The number of likely N-dealkylation sites (tertiary alicyclic amines) is 1. The van der Waals surface area contributed by atoms with E-state index < -0.39 is 35.9 Å². The van der Waals surface area contributed by atoms with E-state index in [9.17, 15) is 29.4 Å². The van der Waals surface area contributed by atoms with Gasteiger partial charge < -0.3 is 31.1 Å². The van der Waals surface area contributed by atoms with Gasteiger partial charge in [-0.05, 0) is 55.8 Å². The normalized spacial score (nSPS) is 21.8. The summed E-state index contributed by atoms with van der Waals surface area (Å²) in [5.74, 6) is -2.58. The Labute approximate surface area is 199 Å². The second-order valence-corrected chi connectivity index (χ2v) is 9.34. The molecule has 0 aliphatic carbocycles. The molecule has 0 saturated carbocycles. The number of amides is 3. The summed E-state index contributed by atoms with van der Waals surface area (Å²) in [4.78, 5) is 52.4. The van der Waals surface area contributed by atoms with Crippen LogP contribution in [0.25, 0.3) is 0 Å². The Morgan fingerprint density at radius 2 is 1.79 bits per heavy atom. The van der Waals surface area contributed by atoms with Crippen LogP contribution in [0, 0.1) is 5.92 Å². The fraction of sp³-hybridized carbons (Fsp3) is 0.583. The molecule has 2 aliphatic heterocycles. The van der Waals surface area contributed by atoms with Crippen molar-refractivity contribution < 1.29 is 29.4 Å². The van der Waals surface area contributed by atoms with Crippen molar-refractivity contribution in [2.24, 2.45) is 5.92 Å². The second-order valence-electron chi connectivity index (χ2n) is 9.34. The molecule has 0 aromatic heterocycles. The molecular weight excluding hydrogens is 440 g/mol. The number of phenolic OH excluding ortho intramolecular Hbond substituents is 1. The van der Waals surface area contributed by atoms with Gasteiger partial charge >= 0.3 is 5.97 Å². The summed E-state index contributed by atoms with van der Waals surface area (Å²) >= 11 is 0. The zero-order chi connectivity index (χ0) is 24.8. The maximum absolute atomic E-state index is 13.2. The standard InChI is InChI=1S/C24H34N4O6/c1-14(2)20(24(33)34)27-21(30)18(13-15-7-9-16(29)10-8-15)26-22(31)19-6-4-12-28(19)23(32)17-5-3-11-25-17/h7-10,14,17-20,25,29H,3-6,11-13H2,1-2H3,(H,26,31)(H,27,30)(H,33,34). The average molecular weight is 475 g/mol. The minimum absolute atomic E-state index is 0.0696. The molecule has 0 spiro atoms. The average Bonchev–Trinajstić information content (AvgIpc) is 3.49. The van der Waals surface area contributed by atoms with E-state index in [0.717, 1.165) is 19.4 Å². The van der Waals surface area contributed by atoms with Crippen molar-refractivity contribution in [3.05, 3.63) is 29.8 Å². The Bertz CT molecular complexity index is 897. The predicted octanol–water partition coefficient (Wildman–Crippen LogP) is 0.388. The summed E-state index contributed by atoms with van der Waals surface area (Å²) in [6.45, 7) is 4.63. The van der Waals surface area contributed by atoms with Crippen molar-refractivity contribution in [3.63, 3.8) is 0 Å². The Morgan fingerprint density at radius 3 is 2.38 bits per heavy atom. The molecule has 10 heteroatoms. The van der Waals surface area contributed by atoms with Crippen LogP contribution in [0.5, 0.6) is 5.75 Å². The highest BCUT2D eigenvalue weighted by Crippen LogP contribution is 2.21. The van der Waals surface area contributed by atoms with Crippen molar-refractivity contribution in [1.82, 2.24) is 20.9 Å². The number of nitrogens with one attached hydrogen (secondary N) is 3. The lowest BCUT2D eigenvalue weighted by Gasteiger charge is -2.29. The van der Waals surface area contributed by atoms with Gasteiger partial charge in [-0.15, -0.1) is 0 Å². The summed E-state index contributed by atoms with van der Waals surface area (Å²) in [5, 5.41) is 27.5. The van der Waals surface area contributed by atoms with Crippen LogP contribution < -0.4 is 16.0 Å². The first-order valence-electron chi connectivity index (χ1n) is 11.8. The highest BCUT2D eigenvalue weighted by molar-refractivity contribution is 5.94. The fourth-order valence-electron chi connectivity index (χ4n) is 4.51. The van der Waals surface area contributed by atoms with E-state index in [1.165, 1.54) is 12.1 Å². The molecule has 0 radical (unpaired) electrons. The lowest BCUT2D eigenvalue weighted by molar-refractivity contribution is -0.144. The lowest BCUT2D eigenvalue weighted by Crippen LogP contribution is -2.57. The summed E-state index contributed by atoms with van der Waals surface area (Å²) in [7, 11) is 0. The van der Waals surface area contributed by atoms with Crippen LogP contribution >= 0.6 is 0 Å². The van der Waals surface area contributed by atoms with Gasteiger partial charge in [0.25, 0.3) is 0 Å². The van der Waals surface area contributed by atoms with Gasteiger partial charge in [0.15, 0.2) is 0 Å². The van der Waals surface area contributed by atoms with E-state index in [2.05, 4.69) is 16.0 Å². The molecule has 186 valence electrons. The Hall–Kier alpha value is -3.14. The fourth-order valence-corrected chi connectivity index (χ4v) is 4.51. The third-order valence-electron chi connectivity index (χ3n) is 6.44.